The van der Waals surface area contributed by atoms with Crippen LogP contribution in [0.2, 0.25) is 0 Å². The van der Waals surface area contributed by atoms with Gasteiger partial charge < -0.3 is 14.8 Å². The van der Waals surface area contributed by atoms with Gasteiger partial charge in [-0.1, -0.05) is 48.5 Å². The van der Waals surface area contributed by atoms with Crippen LogP contribution in [-0.2, 0) is 22.6 Å². The maximum absolute atomic E-state index is 13.3. The summed E-state index contributed by atoms with van der Waals surface area (Å²) in [4.78, 5) is 34.1. The van der Waals surface area contributed by atoms with Crippen molar-refractivity contribution in [2.45, 2.75) is 25.5 Å². The van der Waals surface area contributed by atoms with Gasteiger partial charge in [-0.2, -0.15) is 0 Å². The lowest BCUT2D eigenvalue weighted by atomic mass is 9.86. The quantitative estimate of drug-likeness (QED) is 0.525. The molecule has 0 fully saturated rings. The first-order chi connectivity index (χ1) is 16.1. The molecule has 2 heterocycles. The van der Waals surface area contributed by atoms with Crippen LogP contribution in [-0.4, -0.2) is 29.8 Å². The van der Waals surface area contributed by atoms with Gasteiger partial charge in [-0.25, -0.2) is 9.79 Å². The van der Waals surface area contributed by atoms with E-state index in [4.69, 9.17) is 9.47 Å². The van der Waals surface area contributed by atoms with Crippen LogP contribution in [0.5, 0.6) is 5.75 Å². The number of esters is 1. The Balaban J connectivity index is 1.58. The maximum Gasteiger partial charge on any atom is 0.341 e. The predicted molar refractivity (Wildman–Crippen MR) is 124 cm³/mol. The molecule has 0 bridgehead atoms. The number of aromatic nitrogens is 1. The van der Waals surface area contributed by atoms with E-state index in [0.29, 0.717) is 18.6 Å². The second-order valence-electron chi connectivity index (χ2n) is 7.74. The smallest absolute Gasteiger partial charge is 0.341 e. The van der Waals surface area contributed by atoms with E-state index in [1.165, 1.54) is 0 Å². The highest BCUT2D eigenvalue weighted by molar-refractivity contribution is 6.09. The summed E-state index contributed by atoms with van der Waals surface area (Å²) < 4.78 is 11.0. The third kappa shape index (κ3) is 5.63. The van der Waals surface area contributed by atoms with Gasteiger partial charge in [0.2, 0.25) is 0 Å². The van der Waals surface area contributed by atoms with Crippen molar-refractivity contribution in [3.8, 4) is 5.75 Å². The van der Waals surface area contributed by atoms with Crippen molar-refractivity contribution in [2.75, 3.05) is 7.11 Å². The summed E-state index contributed by atoms with van der Waals surface area (Å²) in [5.41, 5.74) is 3.13. The summed E-state index contributed by atoms with van der Waals surface area (Å²) in [5, 5.41) is 2.82. The average Bonchev–Trinajstić information content (AvgIpc) is 2.87. The zero-order valence-corrected chi connectivity index (χ0v) is 18.3. The fraction of sp³-hybridized carbons (Fsp3) is 0.231. The fourth-order valence-electron chi connectivity index (χ4n) is 3.88. The molecule has 3 aromatic rings. The van der Waals surface area contributed by atoms with Crippen molar-refractivity contribution in [1.82, 2.24) is 10.3 Å². The number of methoxy groups -OCH3 is 1. The van der Waals surface area contributed by atoms with E-state index >= 15 is 0 Å². The first-order valence-electron chi connectivity index (χ1n) is 10.8. The molecule has 0 saturated heterocycles. The Morgan fingerprint density at radius 3 is 2.58 bits per heavy atom. The molecule has 1 N–H and O–H groups in total. The third-order valence-corrected chi connectivity index (χ3v) is 5.54. The SMILES string of the molecule is COc1cccc(CCC2=NC(=O)NC(c3cccnc3)C2C(=O)OCc2ccccc2)c1. The van der Waals surface area contributed by atoms with Gasteiger partial charge in [0.05, 0.1) is 13.2 Å². The number of carbonyl (C=O) groups excluding carboxylic acids is 2. The highest BCUT2D eigenvalue weighted by atomic mass is 16.5. The summed E-state index contributed by atoms with van der Waals surface area (Å²) in [6.45, 7) is 0.146. The number of ether oxygens (including phenoxy) is 2. The van der Waals surface area contributed by atoms with Crippen LogP contribution in [0.25, 0.3) is 0 Å². The number of nitrogens with zero attached hydrogens (tertiary/aromatic N) is 2. The van der Waals surface area contributed by atoms with Gasteiger partial charge >= 0.3 is 12.0 Å². The van der Waals surface area contributed by atoms with Crippen LogP contribution < -0.4 is 10.1 Å². The van der Waals surface area contributed by atoms with Crippen LogP contribution in [0.15, 0.2) is 84.1 Å². The molecule has 4 rings (SSSR count). The lowest BCUT2D eigenvalue weighted by Crippen LogP contribution is -2.45. The molecule has 0 saturated carbocycles. The van der Waals surface area contributed by atoms with E-state index in [-0.39, 0.29) is 6.61 Å². The number of pyridine rings is 1. The molecule has 1 aliphatic heterocycles. The second kappa shape index (κ2) is 10.5. The number of aliphatic imine (C=N–C) groups is 1. The number of hydrogen-bond donors (Lipinski definition) is 1. The van der Waals surface area contributed by atoms with Gasteiger partial charge in [-0.15, -0.1) is 0 Å². The minimum atomic E-state index is -0.749. The molecule has 7 nitrogen and oxygen atoms in total. The van der Waals surface area contributed by atoms with E-state index in [2.05, 4.69) is 15.3 Å². The number of benzene rings is 2. The van der Waals surface area contributed by atoms with Crippen molar-refractivity contribution in [3.63, 3.8) is 0 Å². The molecule has 2 amide bonds. The van der Waals surface area contributed by atoms with Gasteiger partial charge in [-0.05, 0) is 47.7 Å². The average molecular weight is 444 g/mol. The van der Waals surface area contributed by atoms with E-state index in [9.17, 15) is 9.59 Å². The summed E-state index contributed by atoms with van der Waals surface area (Å²) in [6.07, 6.45) is 4.33. The molecule has 0 radical (unpaired) electrons. The monoisotopic (exact) mass is 443 g/mol. The summed E-state index contributed by atoms with van der Waals surface area (Å²) >= 11 is 0. The zero-order chi connectivity index (χ0) is 23.0. The van der Waals surface area contributed by atoms with Gasteiger partial charge in [-0.3, -0.25) is 9.78 Å². The molecule has 0 aliphatic carbocycles. The third-order valence-electron chi connectivity index (χ3n) is 5.54. The molecule has 2 atom stereocenters. The van der Waals surface area contributed by atoms with E-state index < -0.39 is 24.0 Å². The molecule has 2 aromatic carbocycles. The Labute approximate surface area is 192 Å². The van der Waals surface area contributed by atoms with Gasteiger partial charge in [0, 0.05) is 18.1 Å². The minimum Gasteiger partial charge on any atom is -0.497 e. The van der Waals surface area contributed by atoms with Crippen LogP contribution in [0, 0.1) is 5.92 Å². The van der Waals surface area contributed by atoms with Gasteiger partial charge in [0.15, 0.2) is 0 Å². The second-order valence-corrected chi connectivity index (χ2v) is 7.74. The maximum atomic E-state index is 13.3. The van der Waals surface area contributed by atoms with Crippen molar-refractivity contribution in [2.24, 2.45) is 10.9 Å². The Morgan fingerprint density at radius 1 is 1.00 bits per heavy atom. The number of hydrogen-bond acceptors (Lipinski definition) is 5. The number of rotatable bonds is 8. The van der Waals surface area contributed by atoms with Crippen molar-refractivity contribution in [1.29, 1.82) is 0 Å². The molecule has 33 heavy (non-hydrogen) atoms. The summed E-state index contributed by atoms with van der Waals surface area (Å²) in [7, 11) is 1.62. The lowest BCUT2D eigenvalue weighted by Gasteiger charge is -2.31. The minimum absolute atomic E-state index is 0.146. The van der Waals surface area contributed by atoms with Crippen LogP contribution in [0.3, 0.4) is 0 Å². The Bertz CT molecular complexity index is 1130. The predicted octanol–water partition coefficient (Wildman–Crippen LogP) is 4.29. The first kappa shape index (κ1) is 22.2. The normalized spacial score (nSPS) is 17.6. The number of carbonyl (C=O) groups is 2. The summed E-state index contributed by atoms with van der Waals surface area (Å²) in [5.74, 6) is -0.429. The van der Waals surface area contributed by atoms with Crippen LogP contribution >= 0.6 is 0 Å². The van der Waals surface area contributed by atoms with E-state index in [1.54, 1.807) is 25.6 Å². The molecule has 2 unspecified atom stereocenters. The standard InChI is InChI=1S/C26H25N3O4/c1-32-21-11-5-9-18(15-21)12-13-22-23(25(30)33-17-19-7-3-2-4-8-19)24(29-26(31)28-22)20-10-6-14-27-16-20/h2-11,14-16,23-24H,12-13,17H2,1H3,(H,29,31). The molecular formula is C26H25N3O4. The molecule has 0 spiro atoms. The van der Waals surface area contributed by atoms with Gasteiger partial charge in [0.25, 0.3) is 0 Å². The van der Waals surface area contributed by atoms with E-state index in [1.807, 2.05) is 60.7 Å². The van der Waals surface area contributed by atoms with Gasteiger partial charge in [0.1, 0.15) is 18.3 Å². The van der Waals surface area contributed by atoms with Crippen LogP contribution in [0.1, 0.15) is 29.2 Å². The van der Waals surface area contributed by atoms with Crippen molar-refractivity contribution in [3.05, 3.63) is 95.8 Å². The highest BCUT2D eigenvalue weighted by Crippen LogP contribution is 2.30. The number of aryl methyl sites for hydroxylation is 1. The molecular weight excluding hydrogens is 418 g/mol. The molecule has 1 aromatic heterocycles. The Morgan fingerprint density at radius 2 is 1.82 bits per heavy atom. The van der Waals surface area contributed by atoms with E-state index in [0.717, 1.165) is 22.4 Å². The Kier molecular flexibility index (Phi) is 7.09. The lowest BCUT2D eigenvalue weighted by molar-refractivity contribution is -0.148. The number of amides is 2. The van der Waals surface area contributed by atoms with Crippen molar-refractivity contribution >= 4 is 17.7 Å². The highest BCUT2D eigenvalue weighted by Gasteiger charge is 2.39. The number of urea groups is 1. The topological polar surface area (TPSA) is 89.9 Å². The molecule has 168 valence electrons. The fourth-order valence-corrected chi connectivity index (χ4v) is 3.88. The molecule has 7 heteroatoms. The summed E-state index contributed by atoms with van der Waals surface area (Å²) in [6, 6.07) is 19.7. The largest absolute Gasteiger partial charge is 0.497 e. The van der Waals surface area contributed by atoms with Crippen LogP contribution in [0.4, 0.5) is 4.79 Å². The zero-order valence-electron chi connectivity index (χ0n) is 18.3. The molecule has 1 aliphatic rings. The first-order valence-corrected chi connectivity index (χ1v) is 10.8. The Hall–Kier alpha value is -4.00. The number of nitrogens with one attached hydrogen (secondary N) is 1. The van der Waals surface area contributed by atoms with Crippen molar-refractivity contribution < 1.29 is 19.1 Å².